The Morgan fingerprint density at radius 3 is 2.71 bits per heavy atom. The van der Waals surface area contributed by atoms with Crippen LogP contribution in [0.15, 0.2) is 24.5 Å². The molecule has 6 heteroatoms. The highest BCUT2D eigenvalue weighted by molar-refractivity contribution is 5.76. The van der Waals surface area contributed by atoms with Gasteiger partial charge in [-0.3, -0.25) is 9.78 Å². The lowest BCUT2D eigenvalue weighted by Crippen LogP contribution is -2.38. The molecule has 1 fully saturated rings. The zero-order valence-corrected chi connectivity index (χ0v) is 13.9. The Kier molecular flexibility index (Phi) is 4.28. The summed E-state index contributed by atoms with van der Waals surface area (Å²) in [6.07, 6.45) is 9.17. The van der Waals surface area contributed by atoms with E-state index in [0.717, 1.165) is 57.0 Å². The van der Waals surface area contributed by atoms with Gasteiger partial charge in [-0.25, -0.2) is 0 Å². The van der Waals surface area contributed by atoms with Gasteiger partial charge in [0.1, 0.15) is 11.6 Å². The molecule has 2 aliphatic heterocycles. The Labute approximate surface area is 141 Å². The molecule has 2 aliphatic rings. The quantitative estimate of drug-likeness (QED) is 0.862. The average molecular weight is 325 g/mol. The molecule has 0 N–H and O–H groups in total. The number of likely N-dealkylation sites (tertiary alicyclic amines) is 1. The molecule has 0 unspecified atom stereocenters. The van der Waals surface area contributed by atoms with E-state index in [1.54, 1.807) is 12.4 Å². The van der Waals surface area contributed by atoms with Gasteiger partial charge in [0, 0.05) is 50.8 Å². The molecule has 2 aromatic rings. The molecule has 4 heterocycles. The van der Waals surface area contributed by atoms with E-state index in [1.807, 2.05) is 17.0 Å². The van der Waals surface area contributed by atoms with E-state index in [1.165, 1.54) is 12.0 Å². The largest absolute Gasteiger partial charge is 0.343 e. The number of carbonyl (C=O) groups excluding carboxylic acids is 1. The number of piperidine rings is 1. The maximum Gasteiger partial charge on any atom is 0.222 e. The Hall–Kier alpha value is -2.24. The highest BCUT2D eigenvalue weighted by Crippen LogP contribution is 2.29. The zero-order chi connectivity index (χ0) is 16.4. The van der Waals surface area contributed by atoms with Gasteiger partial charge >= 0.3 is 0 Å². The second kappa shape index (κ2) is 6.71. The molecular formula is C18H23N5O. The highest BCUT2D eigenvalue weighted by Gasteiger charge is 2.29. The first-order valence-electron chi connectivity index (χ1n) is 8.90. The third-order valence-corrected chi connectivity index (χ3v) is 5.23. The monoisotopic (exact) mass is 325 g/mol. The van der Waals surface area contributed by atoms with E-state index in [-0.39, 0.29) is 5.91 Å². The normalized spacial score (nSPS) is 17.9. The maximum absolute atomic E-state index is 12.4. The molecule has 126 valence electrons. The molecule has 0 atom stereocenters. The van der Waals surface area contributed by atoms with Crippen LogP contribution < -0.4 is 0 Å². The third kappa shape index (κ3) is 3.05. The minimum atomic E-state index is 0.261. The first-order valence-corrected chi connectivity index (χ1v) is 8.90. The SMILES string of the molecule is O=C(CCc1ccncc1)N1CCC(c2nnc3n2CCC3)CC1. The van der Waals surface area contributed by atoms with Crippen LogP contribution in [-0.4, -0.2) is 43.6 Å². The molecular weight excluding hydrogens is 302 g/mol. The van der Waals surface area contributed by atoms with Crippen LogP contribution in [0.2, 0.25) is 0 Å². The van der Waals surface area contributed by atoms with Crippen molar-refractivity contribution >= 4 is 5.91 Å². The maximum atomic E-state index is 12.4. The van der Waals surface area contributed by atoms with Crippen LogP contribution >= 0.6 is 0 Å². The van der Waals surface area contributed by atoms with E-state index < -0.39 is 0 Å². The standard InChI is InChI=1S/C18H23N5O/c24-17(4-3-14-5-9-19-10-6-14)22-12-7-15(8-13-22)18-21-20-16-2-1-11-23(16)18/h5-6,9-10,15H,1-4,7-8,11-13H2. The second-order valence-corrected chi connectivity index (χ2v) is 6.74. The van der Waals surface area contributed by atoms with Crippen molar-refractivity contribution in [2.24, 2.45) is 0 Å². The number of hydrogen-bond acceptors (Lipinski definition) is 4. The summed E-state index contributed by atoms with van der Waals surface area (Å²) in [6.45, 7) is 2.73. The summed E-state index contributed by atoms with van der Waals surface area (Å²) >= 11 is 0. The van der Waals surface area contributed by atoms with E-state index in [2.05, 4.69) is 19.7 Å². The van der Waals surface area contributed by atoms with Gasteiger partial charge in [0.05, 0.1) is 0 Å². The summed E-state index contributed by atoms with van der Waals surface area (Å²) in [5.74, 6) is 3.00. The summed E-state index contributed by atoms with van der Waals surface area (Å²) < 4.78 is 2.30. The van der Waals surface area contributed by atoms with Crippen molar-refractivity contribution in [3.63, 3.8) is 0 Å². The molecule has 0 radical (unpaired) electrons. The van der Waals surface area contributed by atoms with Crippen LogP contribution in [0.4, 0.5) is 0 Å². The number of rotatable bonds is 4. The Balaban J connectivity index is 1.30. The average Bonchev–Trinajstić information content (AvgIpc) is 3.24. The van der Waals surface area contributed by atoms with Gasteiger partial charge < -0.3 is 9.47 Å². The second-order valence-electron chi connectivity index (χ2n) is 6.74. The van der Waals surface area contributed by atoms with Crippen LogP contribution in [0, 0.1) is 0 Å². The van der Waals surface area contributed by atoms with Gasteiger partial charge in [-0.2, -0.15) is 0 Å². The van der Waals surface area contributed by atoms with Crippen molar-refractivity contribution in [3.05, 3.63) is 41.7 Å². The van der Waals surface area contributed by atoms with Crippen LogP contribution in [0.25, 0.3) is 0 Å². The number of hydrogen-bond donors (Lipinski definition) is 0. The van der Waals surface area contributed by atoms with Gasteiger partial charge in [-0.15, -0.1) is 10.2 Å². The molecule has 0 bridgehead atoms. The summed E-state index contributed by atoms with van der Waals surface area (Å²) in [7, 11) is 0. The van der Waals surface area contributed by atoms with Gasteiger partial charge in [0.25, 0.3) is 0 Å². The van der Waals surface area contributed by atoms with E-state index in [4.69, 9.17) is 0 Å². The van der Waals surface area contributed by atoms with Gasteiger partial charge in [-0.05, 0) is 43.4 Å². The predicted octanol–water partition coefficient (Wildman–Crippen LogP) is 1.96. The Morgan fingerprint density at radius 2 is 1.92 bits per heavy atom. The smallest absolute Gasteiger partial charge is 0.222 e. The fraction of sp³-hybridized carbons (Fsp3) is 0.556. The summed E-state index contributed by atoms with van der Waals surface area (Å²) in [5.41, 5.74) is 1.17. The molecule has 1 saturated heterocycles. The van der Waals surface area contributed by atoms with Gasteiger partial charge in [-0.1, -0.05) is 0 Å². The zero-order valence-electron chi connectivity index (χ0n) is 13.9. The van der Waals surface area contributed by atoms with E-state index in [0.29, 0.717) is 12.3 Å². The van der Waals surface area contributed by atoms with Crippen molar-refractivity contribution < 1.29 is 4.79 Å². The first kappa shape index (κ1) is 15.3. The van der Waals surface area contributed by atoms with Crippen LogP contribution in [-0.2, 0) is 24.2 Å². The molecule has 0 saturated carbocycles. The number of carbonyl (C=O) groups is 1. The van der Waals surface area contributed by atoms with Gasteiger partial charge in [0.2, 0.25) is 5.91 Å². The lowest BCUT2D eigenvalue weighted by Gasteiger charge is -2.31. The number of aryl methyl sites for hydroxylation is 2. The predicted molar refractivity (Wildman–Crippen MR) is 89.5 cm³/mol. The van der Waals surface area contributed by atoms with Crippen LogP contribution in [0.5, 0.6) is 0 Å². The van der Waals surface area contributed by atoms with Crippen LogP contribution in [0.3, 0.4) is 0 Å². The third-order valence-electron chi connectivity index (χ3n) is 5.23. The van der Waals surface area contributed by atoms with Crippen molar-refractivity contribution in [1.29, 1.82) is 0 Å². The molecule has 2 aromatic heterocycles. The number of amides is 1. The number of pyridine rings is 1. The molecule has 0 aromatic carbocycles. The Bertz CT molecular complexity index is 703. The minimum Gasteiger partial charge on any atom is -0.343 e. The molecule has 6 nitrogen and oxygen atoms in total. The van der Waals surface area contributed by atoms with Crippen molar-refractivity contribution in [2.45, 2.75) is 51.0 Å². The highest BCUT2D eigenvalue weighted by atomic mass is 16.2. The molecule has 0 aliphatic carbocycles. The van der Waals surface area contributed by atoms with Crippen LogP contribution in [0.1, 0.15) is 48.8 Å². The molecule has 24 heavy (non-hydrogen) atoms. The van der Waals surface area contributed by atoms with Crippen molar-refractivity contribution in [3.8, 4) is 0 Å². The minimum absolute atomic E-state index is 0.261. The van der Waals surface area contributed by atoms with Gasteiger partial charge in [0.15, 0.2) is 0 Å². The summed E-state index contributed by atoms with van der Waals surface area (Å²) in [5, 5.41) is 8.73. The van der Waals surface area contributed by atoms with Crippen molar-refractivity contribution in [2.75, 3.05) is 13.1 Å². The lowest BCUT2D eigenvalue weighted by atomic mass is 9.95. The number of fused-ring (bicyclic) bond motifs is 1. The topological polar surface area (TPSA) is 63.9 Å². The Morgan fingerprint density at radius 1 is 1.12 bits per heavy atom. The number of aromatic nitrogens is 4. The summed E-state index contributed by atoms with van der Waals surface area (Å²) in [4.78, 5) is 18.5. The van der Waals surface area contributed by atoms with E-state index in [9.17, 15) is 4.79 Å². The molecule has 0 spiro atoms. The molecule has 1 amide bonds. The van der Waals surface area contributed by atoms with E-state index >= 15 is 0 Å². The summed E-state index contributed by atoms with van der Waals surface area (Å²) in [6, 6.07) is 3.96. The first-order chi connectivity index (χ1) is 11.8. The lowest BCUT2D eigenvalue weighted by molar-refractivity contribution is -0.132. The fourth-order valence-corrected chi connectivity index (χ4v) is 3.82. The number of nitrogens with zero attached hydrogens (tertiary/aromatic N) is 5. The van der Waals surface area contributed by atoms with Crippen molar-refractivity contribution in [1.82, 2.24) is 24.6 Å². The molecule has 4 rings (SSSR count). The fourth-order valence-electron chi connectivity index (χ4n) is 3.82.